The fourth-order valence-corrected chi connectivity index (χ4v) is 4.53. The molecule has 1 aliphatic rings. The Hall–Kier alpha value is -3.08. The van der Waals surface area contributed by atoms with Crippen LogP contribution in [-0.2, 0) is 24.3 Å². The largest absolute Gasteiger partial charge is 0.507 e. The van der Waals surface area contributed by atoms with E-state index in [2.05, 4.69) is 0 Å². The number of hydrogen-bond acceptors (Lipinski definition) is 6. The van der Waals surface area contributed by atoms with Crippen molar-refractivity contribution in [2.24, 2.45) is 0 Å². The molecule has 1 N–H and O–H groups in total. The Morgan fingerprint density at radius 2 is 1.70 bits per heavy atom. The Labute approximate surface area is 191 Å². The minimum Gasteiger partial charge on any atom is -0.507 e. The first kappa shape index (κ1) is 24.6. The first-order valence-corrected chi connectivity index (χ1v) is 11.6. The van der Waals surface area contributed by atoms with Crippen LogP contribution in [0.25, 0.3) is 5.76 Å². The van der Waals surface area contributed by atoms with Gasteiger partial charge in [0.2, 0.25) is 10.0 Å². The third kappa shape index (κ3) is 4.82. The summed E-state index contributed by atoms with van der Waals surface area (Å²) in [5, 5.41) is 11.0. The molecular formula is C23H25FN2O6S. The molecule has 176 valence electrons. The molecule has 0 saturated carbocycles. The maximum atomic E-state index is 13.5. The van der Waals surface area contributed by atoms with Crippen LogP contribution in [0.4, 0.5) is 4.39 Å². The highest BCUT2D eigenvalue weighted by atomic mass is 32.2. The zero-order valence-corrected chi connectivity index (χ0v) is 19.3. The van der Waals surface area contributed by atoms with Crippen molar-refractivity contribution in [2.75, 3.05) is 34.4 Å². The van der Waals surface area contributed by atoms with Gasteiger partial charge in [0, 0.05) is 39.9 Å². The van der Waals surface area contributed by atoms with E-state index in [1.807, 2.05) is 0 Å². The lowest BCUT2D eigenvalue weighted by Crippen LogP contribution is -2.31. The van der Waals surface area contributed by atoms with Crippen molar-refractivity contribution in [2.45, 2.75) is 17.4 Å². The first-order valence-electron chi connectivity index (χ1n) is 10.2. The van der Waals surface area contributed by atoms with Crippen LogP contribution in [0.15, 0.2) is 59.0 Å². The molecule has 1 saturated heterocycles. The summed E-state index contributed by atoms with van der Waals surface area (Å²) in [4.78, 5) is 27.0. The van der Waals surface area contributed by atoms with Gasteiger partial charge in [-0.05, 0) is 48.4 Å². The van der Waals surface area contributed by atoms with E-state index in [0.29, 0.717) is 18.6 Å². The van der Waals surface area contributed by atoms with E-state index in [-0.39, 0.29) is 22.6 Å². The minimum atomic E-state index is -3.68. The Morgan fingerprint density at radius 3 is 2.24 bits per heavy atom. The second kappa shape index (κ2) is 9.82. The number of halogens is 1. The number of aliphatic hydroxyl groups is 1. The van der Waals surface area contributed by atoms with E-state index in [9.17, 15) is 27.5 Å². The van der Waals surface area contributed by atoms with Crippen molar-refractivity contribution in [3.63, 3.8) is 0 Å². The molecule has 3 rings (SSSR count). The molecule has 1 atom stereocenters. The first-order chi connectivity index (χ1) is 15.6. The molecule has 2 aromatic carbocycles. The molecule has 0 unspecified atom stereocenters. The predicted molar refractivity (Wildman–Crippen MR) is 119 cm³/mol. The number of likely N-dealkylation sites (tertiary alicyclic amines) is 1. The van der Waals surface area contributed by atoms with Gasteiger partial charge in [0.05, 0.1) is 16.5 Å². The smallest absolute Gasteiger partial charge is 0.295 e. The molecule has 10 heteroatoms. The summed E-state index contributed by atoms with van der Waals surface area (Å²) in [7, 11) is 0.641. The van der Waals surface area contributed by atoms with Crippen LogP contribution >= 0.6 is 0 Å². The minimum absolute atomic E-state index is 0.0131. The summed E-state index contributed by atoms with van der Waals surface area (Å²) < 4.78 is 44.2. The van der Waals surface area contributed by atoms with Gasteiger partial charge in [0.25, 0.3) is 11.7 Å². The second-order valence-corrected chi connectivity index (χ2v) is 9.85. The lowest BCUT2D eigenvalue weighted by Gasteiger charge is -2.25. The van der Waals surface area contributed by atoms with E-state index in [4.69, 9.17) is 4.74 Å². The number of sulfonamides is 1. The number of carbonyl (C=O) groups excluding carboxylic acids is 2. The molecule has 1 aliphatic heterocycles. The molecule has 0 aliphatic carbocycles. The van der Waals surface area contributed by atoms with Crippen LogP contribution in [0, 0.1) is 5.82 Å². The van der Waals surface area contributed by atoms with Gasteiger partial charge in [-0.3, -0.25) is 9.59 Å². The van der Waals surface area contributed by atoms with Gasteiger partial charge in [-0.2, -0.15) is 0 Å². The molecule has 2 aromatic rings. The Kier molecular flexibility index (Phi) is 7.31. The zero-order chi connectivity index (χ0) is 24.3. The van der Waals surface area contributed by atoms with Gasteiger partial charge in [-0.15, -0.1) is 0 Å². The van der Waals surface area contributed by atoms with E-state index in [0.717, 1.165) is 4.31 Å². The number of carbonyl (C=O) groups is 2. The number of rotatable bonds is 8. The highest BCUT2D eigenvalue weighted by Crippen LogP contribution is 2.39. The molecule has 0 bridgehead atoms. The molecule has 33 heavy (non-hydrogen) atoms. The Morgan fingerprint density at radius 1 is 1.09 bits per heavy atom. The second-order valence-electron chi connectivity index (χ2n) is 7.70. The van der Waals surface area contributed by atoms with E-state index in [1.165, 1.54) is 74.6 Å². The van der Waals surface area contributed by atoms with Gasteiger partial charge >= 0.3 is 0 Å². The van der Waals surface area contributed by atoms with Crippen LogP contribution in [0.2, 0.25) is 0 Å². The lowest BCUT2D eigenvalue weighted by atomic mass is 9.95. The molecule has 0 radical (unpaired) electrons. The molecule has 1 amide bonds. The van der Waals surface area contributed by atoms with Gasteiger partial charge < -0.3 is 14.7 Å². The van der Waals surface area contributed by atoms with Crippen molar-refractivity contribution in [1.29, 1.82) is 0 Å². The normalized spacial score (nSPS) is 18.3. The number of nitrogens with zero attached hydrogens (tertiary/aromatic N) is 2. The maximum absolute atomic E-state index is 13.5. The summed E-state index contributed by atoms with van der Waals surface area (Å²) in [5.74, 6) is -2.57. The van der Waals surface area contributed by atoms with Crippen LogP contribution < -0.4 is 0 Å². The number of ketones is 1. The molecule has 1 fully saturated rings. The highest BCUT2D eigenvalue weighted by molar-refractivity contribution is 7.89. The highest BCUT2D eigenvalue weighted by Gasteiger charge is 2.45. The van der Waals surface area contributed by atoms with Crippen LogP contribution in [0.5, 0.6) is 0 Å². The van der Waals surface area contributed by atoms with Gasteiger partial charge in [0.1, 0.15) is 11.6 Å². The average molecular weight is 477 g/mol. The molecule has 1 heterocycles. The SMILES string of the molecule is COCCCN1C(=O)C(=O)/C(=C(/O)c2ccc(S(=O)(=O)N(C)C)cc2)[C@H]1c1ccc(F)cc1. The summed E-state index contributed by atoms with van der Waals surface area (Å²) in [6.45, 7) is 0.554. The molecule has 8 nitrogen and oxygen atoms in total. The number of amides is 1. The van der Waals surface area contributed by atoms with Crippen molar-refractivity contribution in [1.82, 2.24) is 9.21 Å². The monoisotopic (exact) mass is 476 g/mol. The maximum Gasteiger partial charge on any atom is 0.295 e. The van der Waals surface area contributed by atoms with Crippen molar-refractivity contribution in [3.05, 3.63) is 71.0 Å². The predicted octanol–water partition coefficient (Wildman–Crippen LogP) is 2.53. The molecular weight excluding hydrogens is 451 g/mol. The van der Waals surface area contributed by atoms with Crippen molar-refractivity contribution < 1.29 is 32.2 Å². The lowest BCUT2D eigenvalue weighted by molar-refractivity contribution is -0.140. The topological polar surface area (TPSA) is 104 Å². The number of hydrogen-bond donors (Lipinski definition) is 1. The standard InChI is InChI=1S/C23H25FN2O6S/c1-25(2)33(30,31)18-11-7-16(8-12-18)21(27)19-20(15-5-9-17(24)10-6-15)26(13-4-14-32-3)23(29)22(19)28/h5-12,20,27H,4,13-14H2,1-3H3/b21-19+/t20-/m1/s1. The molecule has 0 aromatic heterocycles. The average Bonchev–Trinajstić information content (AvgIpc) is 3.04. The molecule has 0 spiro atoms. The fraction of sp³-hybridized carbons (Fsp3) is 0.304. The summed E-state index contributed by atoms with van der Waals surface area (Å²) in [5.41, 5.74) is 0.489. The van der Waals surface area contributed by atoms with E-state index < -0.39 is 39.3 Å². The summed E-state index contributed by atoms with van der Waals surface area (Å²) in [6.07, 6.45) is 0.457. The van der Waals surface area contributed by atoms with E-state index in [1.54, 1.807) is 0 Å². The summed E-state index contributed by atoms with van der Waals surface area (Å²) in [6, 6.07) is 9.77. The van der Waals surface area contributed by atoms with E-state index >= 15 is 0 Å². The van der Waals surface area contributed by atoms with Crippen molar-refractivity contribution in [3.8, 4) is 0 Å². The number of Topliss-reactive ketones (excluding diaryl/α,β-unsaturated/α-hetero) is 1. The van der Waals surface area contributed by atoms with Gasteiger partial charge in [-0.1, -0.05) is 12.1 Å². The van der Waals surface area contributed by atoms with Gasteiger partial charge in [0.15, 0.2) is 0 Å². The third-order valence-corrected chi connectivity index (χ3v) is 7.21. The fourth-order valence-electron chi connectivity index (χ4n) is 3.63. The number of benzene rings is 2. The number of aliphatic hydroxyl groups excluding tert-OH is 1. The van der Waals surface area contributed by atoms with Gasteiger partial charge in [-0.25, -0.2) is 17.1 Å². The quantitative estimate of drug-likeness (QED) is 0.272. The Bertz CT molecular complexity index is 1170. The van der Waals surface area contributed by atoms with Crippen molar-refractivity contribution >= 4 is 27.5 Å². The number of ether oxygens (including phenoxy) is 1. The third-order valence-electron chi connectivity index (χ3n) is 5.38. The van der Waals surface area contributed by atoms with Crippen LogP contribution in [0.1, 0.15) is 23.6 Å². The van der Waals surface area contributed by atoms with Crippen LogP contribution in [0.3, 0.4) is 0 Å². The Balaban J connectivity index is 2.09. The van der Waals surface area contributed by atoms with Crippen LogP contribution in [-0.4, -0.2) is 68.8 Å². The zero-order valence-electron chi connectivity index (χ0n) is 18.5. The number of methoxy groups -OCH3 is 1. The summed E-state index contributed by atoms with van der Waals surface area (Å²) >= 11 is 0.